The molecule has 1 aromatic carbocycles. The van der Waals surface area contributed by atoms with Gasteiger partial charge in [0.25, 0.3) is 0 Å². The third-order valence-electron chi connectivity index (χ3n) is 5.26. The van der Waals surface area contributed by atoms with Gasteiger partial charge in [-0.3, -0.25) is 4.90 Å². The van der Waals surface area contributed by atoms with E-state index in [2.05, 4.69) is 50.8 Å². The highest BCUT2D eigenvalue weighted by molar-refractivity contribution is 5.59. The second-order valence-electron chi connectivity index (χ2n) is 6.77. The molecule has 2 aliphatic heterocycles. The third kappa shape index (κ3) is 2.94. The molecule has 0 amide bonds. The van der Waals surface area contributed by atoms with Crippen LogP contribution >= 0.6 is 0 Å². The lowest BCUT2D eigenvalue weighted by Gasteiger charge is -2.50. The molecule has 2 aromatic rings. The molecule has 2 aliphatic rings. The van der Waals surface area contributed by atoms with E-state index in [-0.39, 0.29) is 0 Å². The Morgan fingerprint density at radius 1 is 1.00 bits per heavy atom. The Kier molecular flexibility index (Phi) is 4.30. The summed E-state index contributed by atoms with van der Waals surface area (Å²) in [5.41, 5.74) is 2.05. The van der Waals surface area contributed by atoms with E-state index >= 15 is 0 Å². The summed E-state index contributed by atoms with van der Waals surface area (Å²) in [7, 11) is 0. The lowest BCUT2D eigenvalue weighted by atomic mass is 9.91. The first-order chi connectivity index (χ1) is 11.8. The fourth-order valence-electron chi connectivity index (χ4n) is 4.09. The Bertz CT molecular complexity index is 669. The van der Waals surface area contributed by atoms with Gasteiger partial charge >= 0.3 is 0 Å². The molecule has 2 bridgehead atoms. The molecule has 0 radical (unpaired) electrons. The van der Waals surface area contributed by atoms with Crippen LogP contribution in [0.25, 0.3) is 11.3 Å². The number of piperidine rings is 1. The minimum Gasteiger partial charge on any atom is -0.352 e. The van der Waals surface area contributed by atoms with Crippen molar-refractivity contribution in [3.8, 4) is 11.3 Å². The predicted octanol–water partition coefficient (Wildman–Crippen LogP) is 3.37. The maximum Gasteiger partial charge on any atom is 0.151 e. The molecule has 0 N–H and O–H groups in total. The van der Waals surface area contributed by atoms with Gasteiger partial charge in [0, 0.05) is 37.3 Å². The number of nitrogens with zero attached hydrogens (tertiary/aromatic N) is 4. The fourth-order valence-corrected chi connectivity index (χ4v) is 4.09. The maximum atomic E-state index is 4.51. The van der Waals surface area contributed by atoms with Crippen molar-refractivity contribution in [1.29, 1.82) is 0 Å². The van der Waals surface area contributed by atoms with Crippen LogP contribution < -0.4 is 4.90 Å². The van der Waals surface area contributed by atoms with Gasteiger partial charge in [-0.2, -0.15) is 0 Å². The molecule has 4 rings (SSSR count). The fraction of sp³-hybridized carbons (Fsp3) is 0.400. The van der Waals surface area contributed by atoms with E-state index in [0.29, 0.717) is 12.1 Å². The summed E-state index contributed by atoms with van der Waals surface area (Å²) in [6.45, 7) is 7.01. The van der Waals surface area contributed by atoms with E-state index in [4.69, 9.17) is 0 Å². The van der Waals surface area contributed by atoms with Crippen LogP contribution in [0.5, 0.6) is 0 Å². The molecule has 4 heteroatoms. The van der Waals surface area contributed by atoms with Gasteiger partial charge in [0.05, 0.1) is 5.69 Å². The second-order valence-corrected chi connectivity index (χ2v) is 6.77. The van der Waals surface area contributed by atoms with Crippen LogP contribution in [0.15, 0.2) is 55.1 Å². The van der Waals surface area contributed by atoms with Gasteiger partial charge in [0.15, 0.2) is 5.82 Å². The van der Waals surface area contributed by atoms with Gasteiger partial charge in [-0.05, 0) is 25.0 Å². The normalized spacial score (nSPS) is 23.9. The summed E-state index contributed by atoms with van der Waals surface area (Å²) >= 11 is 0. The average molecular weight is 320 g/mol. The van der Waals surface area contributed by atoms with Crippen LogP contribution in [0.1, 0.15) is 19.3 Å². The number of piperazine rings is 1. The van der Waals surface area contributed by atoms with E-state index in [1.165, 1.54) is 19.3 Å². The summed E-state index contributed by atoms with van der Waals surface area (Å²) in [5, 5.41) is 8.97. The molecule has 2 unspecified atom stereocenters. The predicted molar refractivity (Wildman–Crippen MR) is 98.0 cm³/mol. The van der Waals surface area contributed by atoms with Crippen molar-refractivity contribution in [1.82, 2.24) is 15.1 Å². The molecule has 0 aliphatic carbocycles. The smallest absolute Gasteiger partial charge is 0.151 e. The summed E-state index contributed by atoms with van der Waals surface area (Å²) in [4.78, 5) is 5.04. The third-order valence-corrected chi connectivity index (χ3v) is 5.26. The van der Waals surface area contributed by atoms with Gasteiger partial charge in [-0.1, -0.05) is 42.8 Å². The molecule has 2 fully saturated rings. The molecule has 3 heterocycles. The maximum absolute atomic E-state index is 4.51. The standard InChI is InChI=1S/C20H24N4/c1-2-13-24-17-9-6-10-18(24)15-23(14-17)20-12-11-19(21-22-20)16-7-4-3-5-8-16/h2-5,7-8,11-12,17-18H,1,6,9-10,13-15H2. The summed E-state index contributed by atoms with van der Waals surface area (Å²) in [6, 6.07) is 15.7. The van der Waals surface area contributed by atoms with Crippen LogP contribution in [0.3, 0.4) is 0 Å². The highest BCUT2D eigenvalue weighted by atomic mass is 15.3. The van der Waals surface area contributed by atoms with Gasteiger partial charge in [0.1, 0.15) is 0 Å². The molecule has 0 saturated carbocycles. The van der Waals surface area contributed by atoms with Crippen LogP contribution in [-0.4, -0.2) is 46.8 Å². The molecule has 4 nitrogen and oxygen atoms in total. The number of benzene rings is 1. The van der Waals surface area contributed by atoms with Crippen LogP contribution in [0.2, 0.25) is 0 Å². The summed E-state index contributed by atoms with van der Waals surface area (Å²) in [6.07, 6.45) is 5.93. The zero-order chi connectivity index (χ0) is 16.4. The molecular weight excluding hydrogens is 296 g/mol. The Hall–Kier alpha value is -2.20. The Labute approximate surface area is 143 Å². The summed E-state index contributed by atoms with van der Waals surface area (Å²) < 4.78 is 0. The van der Waals surface area contributed by atoms with E-state index in [0.717, 1.165) is 36.7 Å². The number of rotatable bonds is 4. The lowest BCUT2D eigenvalue weighted by molar-refractivity contribution is 0.0782. The largest absolute Gasteiger partial charge is 0.352 e. The van der Waals surface area contributed by atoms with Crippen LogP contribution in [-0.2, 0) is 0 Å². The van der Waals surface area contributed by atoms with Crippen molar-refractivity contribution in [3.63, 3.8) is 0 Å². The first-order valence-corrected chi connectivity index (χ1v) is 8.86. The minimum absolute atomic E-state index is 0.617. The second kappa shape index (κ2) is 6.73. The zero-order valence-electron chi connectivity index (χ0n) is 14.0. The quantitative estimate of drug-likeness (QED) is 0.809. The van der Waals surface area contributed by atoms with Crippen LogP contribution in [0.4, 0.5) is 5.82 Å². The van der Waals surface area contributed by atoms with E-state index in [1.807, 2.05) is 24.3 Å². The van der Waals surface area contributed by atoms with Gasteiger partial charge in [-0.25, -0.2) is 0 Å². The molecule has 24 heavy (non-hydrogen) atoms. The average Bonchev–Trinajstić information content (AvgIpc) is 2.63. The first-order valence-electron chi connectivity index (χ1n) is 8.86. The molecule has 124 valence electrons. The van der Waals surface area contributed by atoms with Crippen LogP contribution in [0, 0.1) is 0 Å². The van der Waals surface area contributed by atoms with E-state index in [1.54, 1.807) is 0 Å². The Morgan fingerprint density at radius 3 is 2.38 bits per heavy atom. The molecular formula is C20H24N4. The Morgan fingerprint density at radius 2 is 1.75 bits per heavy atom. The van der Waals surface area contributed by atoms with Crippen molar-refractivity contribution >= 4 is 5.82 Å². The SMILES string of the molecule is C=CCN1C2CCCC1CN(c1ccc(-c3ccccc3)nn1)C2. The van der Waals surface area contributed by atoms with Crippen molar-refractivity contribution in [2.24, 2.45) is 0 Å². The number of anilines is 1. The number of hydrogen-bond donors (Lipinski definition) is 0. The highest BCUT2D eigenvalue weighted by Crippen LogP contribution is 2.30. The van der Waals surface area contributed by atoms with Gasteiger partial charge < -0.3 is 4.90 Å². The van der Waals surface area contributed by atoms with Crippen molar-refractivity contribution in [2.75, 3.05) is 24.5 Å². The Balaban J connectivity index is 1.52. The van der Waals surface area contributed by atoms with Crippen molar-refractivity contribution in [2.45, 2.75) is 31.3 Å². The first kappa shape index (κ1) is 15.3. The lowest BCUT2D eigenvalue weighted by Crippen LogP contribution is -2.61. The topological polar surface area (TPSA) is 32.3 Å². The van der Waals surface area contributed by atoms with E-state index in [9.17, 15) is 0 Å². The number of fused-ring (bicyclic) bond motifs is 2. The molecule has 2 atom stereocenters. The minimum atomic E-state index is 0.617. The van der Waals surface area contributed by atoms with Crippen molar-refractivity contribution in [3.05, 3.63) is 55.1 Å². The molecule has 2 saturated heterocycles. The number of hydrogen-bond acceptors (Lipinski definition) is 4. The highest BCUT2D eigenvalue weighted by Gasteiger charge is 2.37. The zero-order valence-corrected chi connectivity index (χ0v) is 14.0. The van der Waals surface area contributed by atoms with E-state index < -0.39 is 0 Å². The van der Waals surface area contributed by atoms with Gasteiger partial charge in [0.2, 0.25) is 0 Å². The monoisotopic (exact) mass is 320 g/mol. The molecule has 0 spiro atoms. The summed E-state index contributed by atoms with van der Waals surface area (Å²) in [5.74, 6) is 1.00. The number of aromatic nitrogens is 2. The van der Waals surface area contributed by atoms with Gasteiger partial charge in [-0.15, -0.1) is 16.8 Å². The van der Waals surface area contributed by atoms with Crippen molar-refractivity contribution < 1.29 is 0 Å². The molecule has 1 aromatic heterocycles.